The zero-order chi connectivity index (χ0) is 22.9. The van der Waals surface area contributed by atoms with Gasteiger partial charge in [0.25, 0.3) is 5.91 Å². The number of benzene rings is 1. The number of piperidine rings is 2. The normalized spacial score (nSPS) is 27.7. The van der Waals surface area contributed by atoms with E-state index in [1.54, 1.807) is 4.90 Å². The Morgan fingerprint density at radius 1 is 1.06 bits per heavy atom. The molecule has 3 N–H and O–H groups in total. The maximum atomic E-state index is 13.1. The molecule has 4 aliphatic rings. The van der Waals surface area contributed by atoms with Crippen LogP contribution in [0.15, 0.2) is 18.2 Å². The molecule has 3 heterocycles. The minimum atomic E-state index is -0.563. The highest BCUT2D eigenvalue weighted by atomic mass is 16.2. The Bertz CT molecular complexity index is 926. The molecule has 0 bridgehead atoms. The third-order valence-electron chi connectivity index (χ3n) is 8.29. The standard InChI is InChI=1S/C26H36N4O3/c27-22(18-6-1-2-7-18)13-17-5-4-12-29(14-17)15-19-8-3-9-20-21(19)16-30(26(20)33)23-10-11-24(31)28-25(23)32/h3,8-9,17-18,22-23H,1-2,4-7,10-16,27H2,(H,28,31,32). The molecule has 5 rings (SSSR count). The van der Waals surface area contributed by atoms with Gasteiger partial charge in [0.2, 0.25) is 11.8 Å². The number of nitrogens with two attached hydrogens (primary N) is 1. The fourth-order valence-corrected chi connectivity index (χ4v) is 6.49. The molecule has 1 aromatic rings. The summed E-state index contributed by atoms with van der Waals surface area (Å²) in [4.78, 5) is 41.2. The Kier molecular flexibility index (Phi) is 6.52. The first-order valence-electron chi connectivity index (χ1n) is 12.7. The summed E-state index contributed by atoms with van der Waals surface area (Å²) in [7, 11) is 0. The minimum Gasteiger partial charge on any atom is -0.327 e. The topological polar surface area (TPSA) is 95.7 Å². The van der Waals surface area contributed by atoms with Crippen LogP contribution in [-0.4, -0.2) is 52.7 Å². The van der Waals surface area contributed by atoms with Crippen LogP contribution in [0.2, 0.25) is 0 Å². The lowest BCUT2D eigenvalue weighted by atomic mass is 9.85. The molecule has 0 spiro atoms. The molecule has 3 aliphatic heterocycles. The number of carbonyl (C=O) groups excluding carboxylic acids is 3. The van der Waals surface area contributed by atoms with Gasteiger partial charge in [-0.1, -0.05) is 25.0 Å². The monoisotopic (exact) mass is 452 g/mol. The lowest BCUT2D eigenvalue weighted by Crippen LogP contribution is -2.52. The van der Waals surface area contributed by atoms with Gasteiger partial charge in [0.05, 0.1) is 0 Å². The Labute approximate surface area is 196 Å². The Morgan fingerprint density at radius 2 is 1.88 bits per heavy atom. The van der Waals surface area contributed by atoms with E-state index < -0.39 is 6.04 Å². The maximum Gasteiger partial charge on any atom is 0.255 e. The van der Waals surface area contributed by atoms with Gasteiger partial charge in [0.1, 0.15) is 6.04 Å². The summed E-state index contributed by atoms with van der Waals surface area (Å²) in [5, 5.41) is 2.38. The Hall–Kier alpha value is -2.25. The second-order valence-electron chi connectivity index (χ2n) is 10.5. The minimum absolute atomic E-state index is 0.0968. The van der Waals surface area contributed by atoms with Gasteiger partial charge in [-0.15, -0.1) is 0 Å². The van der Waals surface area contributed by atoms with E-state index in [9.17, 15) is 14.4 Å². The smallest absolute Gasteiger partial charge is 0.255 e. The van der Waals surface area contributed by atoms with Crippen LogP contribution in [0.1, 0.15) is 79.3 Å². The number of amides is 3. The van der Waals surface area contributed by atoms with Gasteiger partial charge in [-0.2, -0.15) is 0 Å². The molecule has 0 radical (unpaired) electrons. The first kappa shape index (κ1) is 22.5. The number of likely N-dealkylation sites (tertiary alicyclic amines) is 1. The van der Waals surface area contributed by atoms with Crippen molar-refractivity contribution in [1.82, 2.24) is 15.1 Å². The number of nitrogens with zero attached hydrogens (tertiary/aromatic N) is 2. The number of rotatable bonds is 6. The van der Waals surface area contributed by atoms with E-state index in [4.69, 9.17) is 5.73 Å². The van der Waals surface area contributed by atoms with Crippen molar-refractivity contribution in [3.8, 4) is 0 Å². The van der Waals surface area contributed by atoms with Crippen LogP contribution >= 0.6 is 0 Å². The average Bonchev–Trinajstić information content (AvgIpc) is 3.44. The lowest BCUT2D eigenvalue weighted by Gasteiger charge is -2.35. The summed E-state index contributed by atoms with van der Waals surface area (Å²) in [6.45, 7) is 3.41. The number of carbonyl (C=O) groups is 3. The maximum absolute atomic E-state index is 13.1. The molecular weight excluding hydrogens is 416 g/mol. The van der Waals surface area contributed by atoms with Crippen LogP contribution in [0.25, 0.3) is 0 Å². The first-order valence-corrected chi connectivity index (χ1v) is 12.7. The van der Waals surface area contributed by atoms with E-state index in [0.717, 1.165) is 31.6 Å². The summed E-state index contributed by atoms with van der Waals surface area (Å²) >= 11 is 0. The van der Waals surface area contributed by atoms with Crippen molar-refractivity contribution in [3.63, 3.8) is 0 Å². The molecule has 7 heteroatoms. The van der Waals surface area contributed by atoms with Crippen LogP contribution in [0.5, 0.6) is 0 Å². The van der Waals surface area contributed by atoms with Crippen molar-refractivity contribution in [1.29, 1.82) is 0 Å². The summed E-state index contributed by atoms with van der Waals surface area (Å²) in [5.74, 6) is 0.648. The molecule has 7 nitrogen and oxygen atoms in total. The molecule has 3 fully saturated rings. The molecule has 178 valence electrons. The largest absolute Gasteiger partial charge is 0.327 e. The quantitative estimate of drug-likeness (QED) is 0.647. The van der Waals surface area contributed by atoms with Crippen LogP contribution in [-0.2, 0) is 22.7 Å². The van der Waals surface area contributed by atoms with Crippen LogP contribution in [0, 0.1) is 11.8 Å². The molecule has 2 saturated heterocycles. The zero-order valence-electron chi connectivity index (χ0n) is 19.4. The van der Waals surface area contributed by atoms with Gasteiger partial charge < -0.3 is 10.6 Å². The van der Waals surface area contributed by atoms with E-state index in [1.807, 2.05) is 12.1 Å². The molecule has 1 aliphatic carbocycles. The fourth-order valence-electron chi connectivity index (χ4n) is 6.49. The van der Waals surface area contributed by atoms with Gasteiger partial charge >= 0.3 is 0 Å². The van der Waals surface area contributed by atoms with Gasteiger partial charge in [0, 0.05) is 37.7 Å². The van der Waals surface area contributed by atoms with Crippen molar-refractivity contribution in [2.24, 2.45) is 17.6 Å². The molecule has 3 unspecified atom stereocenters. The van der Waals surface area contributed by atoms with Crippen molar-refractivity contribution >= 4 is 17.7 Å². The number of imide groups is 1. The van der Waals surface area contributed by atoms with Gasteiger partial charge in [-0.3, -0.25) is 24.6 Å². The first-order chi connectivity index (χ1) is 16.0. The van der Waals surface area contributed by atoms with Crippen LogP contribution in [0.4, 0.5) is 0 Å². The van der Waals surface area contributed by atoms with Crippen molar-refractivity contribution in [2.45, 2.75) is 83.0 Å². The molecule has 1 saturated carbocycles. The van der Waals surface area contributed by atoms with Crippen molar-refractivity contribution in [2.75, 3.05) is 13.1 Å². The van der Waals surface area contributed by atoms with Gasteiger partial charge in [-0.25, -0.2) is 0 Å². The SMILES string of the molecule is NC(CC1CCCN(Cc2cccc3c2CN(C2CCC(=O)NC2=O)C3=O)C1)C1CCCC1. The second kappa shape index (κ2) is 9.55. The van der Waals surface area contributed by atoms with Gasteiger partial charge in [-0.05, 0) is 74.1 Å². The average molecular weight is 453 g/mol. The number of hydrogen-bond donors (Lipinski definition) is 2. The van der Waals surface area contributed by atoms with E-state index in [2.05, 4.69) is 16.3 Å². The third kappa shape index (κ3) is 4.71. The molecular formula is C26H36N4O3. The van der Waals surface area contributed by atoms with Gasteiger partial charge in [0.15, 0.2) is 0 Å². The zero-order valence-corrected chi connectivity index (χ0v) is 19.4. The predicted octanol–water partition coefficient (Wildman–Crippen LogP) is 2.57. The lowest BCUT2D eigenvalue weighted by molar-refractivity contribution is -0.136. The number of nitrogens with one attached hydrogen (secondary N) is 1. The molecule has 3 atom stereocenters. The Morgan fingerprint density at radius 3 is 2.67 bits per heavy atom. The van der Waals surface area contributed by atoms with E-state index in [-0.39, 0.29) is 24.1 Å². The summed E-state index contributed by atoms with van der Waals surface area (Å²) < 4.78 is 0. The van der Waals surface area contributed by atoms with E-state index >= 15 is 0 Å². The van der Waals surface area contributed by atoms with Crippen molar-refractivity contribution < 1.29 is 14.4 Å². The summed E-state index contributed by atoms with van der Waals surface area (Å²) in [5.41, 5.74) is 9.51. The highest BCUT2D eigenvalue weighted by Gasteiger charge is 2.40. The predicted molar refractivity (Wildman–Crippen MR) is 125 cm³/mol. The molecule has 33 heavy (non-hydrogen) atoms. The highest BCUT2D eigenvalue weighted by Crippen LogP contribution is 2.33. The van der Waals surface area contributed by atoms with Crippen LogP contribution in [0.3, 0.4) is 0 Å². The number of fused-ring (bicyclic) bond motifs is 1. The van der Waals surface area contributed by atoms with Crippen LogP contribution < -0.4 is 11.1 Å². The molecule has 1 aromatic carbocycles. The third-order valence-corrected chi connectivity index (χ3v) is 8.29. The fraction of sp³-hybridized carbons (Fsp3) is 0.654. The molecule has 0 aromatic heterocycles. The number of hydrogen-bond acceptors (Lipinski definition) is 5. The second-order valence-corrected chi connectivity index (χ2v) is 10.5. The van der Waals surface area contributed by atoms with E-state index in [0.29, 0.717) is 36.4 Å². The molecule has 3 amide bonds. The van der Waals surface area contributed by atoms with Crippen molar-refractivity contribution in [3.05, 3.63) is 34.9 Å². The summed E-state index contributed by atoms with van der Waals surface area (Å²) in [6.07, 6.45) is 9.51. The Balaban J connectivity index is 1.24. The summed E-state index contributed by atoms with van der Waals surface area (Å²) in [6, 6.07) is 5.71. The highest BCUT2D eigenvalue weighted by molar-refractivity contribution is 6.05. The van der Waals surface area contributed by atoms with E-state index in [1.165, 1.54) is 44.1 Å².